The van der Waals surface area contributed by atoms with Crippen LogP contribution in [-0.2, 0) is 14.3 Å². The van der Waals surface area contributed by atoms with E-state index in [0.29, 0.717) is 37.6 Å². The summed E-state index contributed by atoms with van der Waals surface area (Å²) in [4.78, 5) is 40.4. The number of methoxy groups -OCH3 is 1. The van der Waals surface area contributed by atoms with E-state index in [0.717, 1.165) is 61.1 Å². The van der Waals surface area contributed by atoms with E-state index in [9.17, 15) is 9.59 Å². The number of ketones is 1. The topological polar surface area (TPSA) is 109 Å². The molecule has 3 aliphatic heterocycles. The smallest absolute Gasteiger partial charge is 0.227 e. The molecule has 1 aromatic carbocycles. The molecule has 0 saturated carbocycles. The number of aromatic nitrogens is 3. The van der Waals surface area contributed by atoms with Crippen molar-refractivity contribution in [3.05, 3.63) is 42.4 Å². The number of aromatic amines is 1. The lowest BCUT2D eigenvalue weighted by molar-refractivity contribution is -0.139. The Morgan fingerprint density at radius 3 is 2.68 bits per heavy atom. The Kier molecular flexibility index (Phi) is 8.04. The van der Waals surface area contributed by atoms with Crippen LogP contribution in [0.2, 0.25) is 0 Å². The van der Waals surface area contributed by atoms with Gasteiger partial charge in [-0.1, -0.05) is 25.1 Å². The molecule has 2 aromatic heterocycles. The minimum Gasteiger partial charge on any atom is -0.480 e. The normalized spacial score (nSPS) is 21.4. The van der Waals surface area contributed by atoms with Crippen molar-refractivity contribution >= 4 is 22.6 Å². The van der Waals surface area contributed by atoms with Crippen molar-refractivity contribution < 1.29 is 19.1 Å². The van der Waals surface area contributed by atoms with Crippen LogP contribution in [0.15, 0.2) is 36.5 Å². The zero-order chi connectivity index (χ0) is 26.5. The highest BCUT2D eigenvalue weighted by Gasteiger charge is 2.45. The first-order valence-electron chi connectivity index (χ1n) is 13.6. The van der Waals surface area contributed by atoms with E-state index < -0.39 is 6.04 Å². The maximum atomic E-state index is 13.6. The van der Waals surface area contributed by atoms with Crippen LogP contribution in [-0.4, -0.2) is 71.5 Å². The number of rotatable bonds is 12. The van der Waals surface area contributed by atoms with E-state index in [1.807, 2.05) is 37.3 Å². The summed E-state index contributed by atoms with van der Waals surface area (Å²) in [6, 6.07) is 9.48. The molecule has 6 rings (SSSR count). The van der Waals surface area contributed by atoms with E-state index in [4.69, 9.17) is 9.47 Å². The Labute approximate surface area is 223 Å². The lowest BCUT2D eigenvalue weighted by Gasteiger charge is -2.47. The molecule has 202 valence electrons. The predicted molar refractivity (Wildman–Crippen MR) is 145 cm³/mol. The highest BCUT2D eigenvalue weighted by atomic mass is 16.5. The van der Waals surface area contributed by atoms with Crippen molar-refractivity contribution in [2.75, 3.05) is 40.0 Å². The maximum absolute atomic E-state index is 13.6. The largest absolute Gasteiger partial charge is 0.480 e. The molecule has 3 fully saturated rings. The quantitative estimate of drug-likeness (QED) is 0.348. The molecule has 1 unspecified atom stereocenters. The third-order valence-electron chi connectivity index (χ3n) is 8.03. The number of fused-ring (bicyclic) bond motifs is 4. The zero-order valence-electron chi connectivity index (χ0n) is 22.3. The molecule has 3 aliphatic rings. The third-order valence-corrected chi connectivity index (χ3v) is 8.03. The fourth-order valence-electron chi connectivity index (χ4n) is 5.51. The number of hydrogen-bond acceptors (Lipinski definition) is 7. The minimum atomic E-state index is -0.438. The van der Waals surface area contributed by atoms with Gasteiger partial charge in [0.15, 0.2) is 0 Å². The minimum absolute atomic E-state index is 0.0783. The number of hydrogen-bond donors (Lipinski definition) is 2. The number of benzene rings is 1. The van der Waals surface area contributed by atoms with Crippen LogP contribution in [0.5, 0.6) is 5.88 Å². The standard InChI is InChI=1S/C29H37N5O4/c1-3-21(35)8-6-16-38-19-25(33-28(36)29-10-13-34(14-11-29)15-12-29)26-30-18-24(31-26)22-17-20-7-4-5-9-23(20)32-27(22)37-2/h4-5,7,9,17-18,25H,3,6,8,10-16,19H2,1-2H3,(H,30,31)(H,33,36). The number of nitrogens with zero attached hydrogens (tertiary/aromatic N) is 3. The van der Waals surface area contributed by atoms with Gasteiger partial charge in [-0.25, -0.2) is 9.97 Å². The number of ether oxygens (including phenoxy) is 2. The van der Waals surface area contributed by atoms with E-state index in [1.165, 1.54) is 0 Å². The number of imidazole rings is 1. The van der Waals surface area contributed by atoms with Crippen molar-refractivity contribution in [3.8, 4) is 17.1 Å². The maximum Gasteiger partial charge on any atom is 0.227 e. The molecular formula is C29H37N5O4. The Balaban J connectivity index is 1.36. The molecule has 2 bridgehead atoms. The Morgan fingerprint density at radius 1 is 1.18 bits per heavy atom. The summed E-state index contributed by atoms with van der Waals surface area (Å²) < 4.78 is 11.5. The van der Waals surface area contributed by atoms with Crippen LogP contribution in [0.25, 0.3) is 22.2 Å². The van der Waals surface area contributed by atoms with Gasteiger partial charge in [0.2, 0.25) is 11.8 Å². The van der Waals surface area contributed by atoms with Crippen LogP contribution in [0.4, 0.5) is 0 Å². The average Bonchev–Trinajstić information content (AvgIpc) is 3.46. The Bertz CT molecular complexity index is 1270. The number of carbonyl (C=O) groups excluding carboxylic acids is 2. The molecule has 9 heteroatoms. The van der Waals surface area contributed by atoms with Gasteiger partial charge in [0.25, 0.3) is 0 Å². The summed E-state index contributed by atoms with van der Waals surface area (Å²) in [5.41, 5.74) is 2.09. The monoisotopic (exact) mass is 519 g/mol. The summed E-state index contributed by atoms with van der Waals surface area (Å²) in [6.45, 7) is 5.51. The molecule has 0 spiro atoms. The number of Topliss-reactive ketones (excluding diaryl/α,β-unsaturated/α-hetero) is 1. The number of amides is 1. The number of carbonyl (C=O) groups is 2. The first-order valence-corrected chi connectivity index (χ1v) is 13.6. The molecule has 1 atom stereocenters. The Morgan fingerprint density at radius 2 is 1.95 bits per heavy atom. The molecule has 3 saturated heterocycles. The van der Waals surface area contributed by atoms with Gasteiger partial charge in [0.1, 0.15) is 17.6 Å². The fourth-order valence-corrected chi connectivity index (χ4v) is 5.51. The van der Waals surface area contributed by atoms with E-state index in [2.05, 4.69) is 25.2 Å². The lowest BCUT2D eigenvalue weighted by Crippen LogP contribution is -2.55. The molecule has 38 heavy (non-hydrogen) atoms. The van der Waals surface area contributed by atoms with Gasteiger partial charge in [-0.2, -0.15) is 0 Å². The van der Waals surface area contributed by atoms with Crippen LogP contribution in [0, 0.1) is 5.41 Å². The zero-order valence-corrected chi connectivity index (χ0v) is 22.3. The second kappa shape index (κ2) is 11.6. The fraction of sp³-hybridized carbons (Fsp3) is 0.517. The lowest BCUT2D eigenvalue weighted by atomic mass is 9.71. The number of H-pyrrole nitrogens is 1. The summed E-state index contributed by atoms with van der Waals surface area (Å²) in [6.07, 6.45) is 6.11. The van der Waals surface area contributed by atoms with Crippen molar-refractivity contribution in [2.45, 2.75) is 51.5 Å². The summed E-state index contributed by atoms with van der Waals surface area (Å²) in [5.74, 6) is 1.44. The number of pyridine rings is 1. The number of piperidine rings is 3. The molecule has 5 heterocycles. The first kappa shape index (κ1) is 26.3. The van der Waals surface area contributed by atoms with E-state index in [1.54, 1.807) is 13.3 Å². The summed E-state index contributed by atoms with van der Waals surface area (Å²) in [5, 5.41) is 4.26. The van der Waals surface area contributed by atoms with Gasteiger partial charge in [-0.3, -0.25) is 9.59 Å². The van der Waals surface area contributed by atoms with Crippen LogP contribution < -0.4 is 10.1 Å². The third kappa shape index (κ3) is 5.59. The molecule has 0 radical (unpaired) electrons. The number of para-hydroxylation sites is 1. The molecule has 1 amide bonds. The highest BCUT2D eigenvalue weighted by Crippen LogP contribution is 2.40. The number of nitrogens with one attached hydrogen (secondary N) is 2. The molecule has 0 aliphatic carbocycles. The van der Waals surface area contributed by atoms with Gasteiger partial charge in [-0.05, 0) is 57.5 Å². The van der Waals surface area contributed by atoms with Gasteiger partial charge in [0, 0.05) is 24.8 Å². The van der Waals surface area contributed by atoms with Gasteiger partial charge in [0.05, 0.1) is 42.1 Å². The van der Waals surface area contributed by atoms with Crippen molar-refractivity contribution in [2.24, 2.45) is 5.41 Å². The highest BCUT2D eigenvalue weighted by molar-refractivity contribution is 5.85. The molecule has 9 nitrogen and oxygen atoms in total. The summed E-state index contributed by atoms with van der Waals surface area (Å²) in [7, 11) is 1.60. The first-order chi connectivity index (χ1) is 18.5. The summed E-state index contributed by atoms with van der Waals surface area (Å²) >= 11 is 0. The second-order valence-electron chi connectivity index (χ2n) is 10.4. The molecule has 2 N–H and O–H groups in total. The van der Waals surface area contributed by atoms with Crippen molar-refractivity contribution in [1.29, 1.82) is 0 Å². The van der Waals surface area contributed by atoms with E-state index in [-0.39, 0.29) is 23.7 Å². The average molecular weight is 520 g/mol. The Hall–Kier alpha value is -3.30. The van der Waals surface area contributed by atoms with Gasteiger partial charge in [-0.15, -0.1) is 0 Å². The van der Waals surface area contributed by atoms with Crippen molar-refractivity contribution in [3.63, 3.8) is 0 Å². The molecule has 3 aromatic rings. The van der Waals surface area contributed by atoms with Crippen LogP contribution >= 0.6 is 0 Å². The van der Waals surface area contributed by atoms with Gasteiger partial charge < -0.3 is 24.7 Å². The van der Waals surface area contributed by atoms with E-state index >= 15 is 0 Å². The second-order valence-corrected chi connectivity index (χ2v) is 10.4. The molecular weight excluding hydrogens is 482 g/mol. The van der Waals surface area contributed by atoms with Crippen molar-refractivity contribution in [1.82, 2.24) is 25.2 Å². The SMILES string of the molecule is CCC(=O)CCCOCC(NC(=O)C12CCN(CC1)CC2)c1ncc(-c2cc3ccccc3nc2OC)[nH]1. The van der Waals surface area contributed by atoms with Crippen LogP contribution in [0.3, 0.4) is 0 Å². The van der Waals surface area contributed by atoms with Crippen LogP contribution in [0.1, 0.15) is 57.3 Å². The predicted octanol–water partition coefficient (Wildman–Crippen LogP) is 4.05. The van der Waals surface area contributed by atoms with Gasteiger partial charge >= 0.3 is 0 Å².